The Morgan fingerprint density at radius 1 is 1.22 bits per heavy atom. The van der Waals surface area contributed by atoms with Crippen LogP contribution in [0.2, 0.25) is 0 Å². The topological polar surface area (TPSA) is 74.0 Å². The van der Waals surface area contributed by atoms with E-state index in [1.54, 1.807) is 19.1 Å². The van der Waals surface area contributed by atoms with E-state index in [0.717, 1.165) is 40.4 Å². The fourth-order valence-corrected chi connectivity index (χ4v) is 3.85. The van der Waals surface area contributed by atoms with E-state index in [2.05, 4.69) is 4.98 Å². The second-order valence-corrected chi connectivity index (χ2v) is 7.19. The van der Waals surface area contributed by atoms with Gasteiger partial charge in [-0.15, -0.1) is 0 Å². The molecule has 5 nitrogen and oxygen atoms in total. The first-order chi connectivity index (χ1) is 13.0. The van der Waals surface area contributed by atoms with E-state index < -0.39 is 5.82 Å². The van der Waals surface area contributed by atoms with E-state index >= 15 is 0 Å². The van der Waals surface area contributed by atoms with Crippen LogP contribution < -0.4 is 11.3 Å². The van der Waals surface area contributed by atoms with Gasteiger partial charge in [0.05, 0.1) is 11.2 Å². The Hall–Kier alpha value is -3.15. The summed E-state index contributed by atoms with van der Waals surface area (Å²) in [7, 11) is 0. The largest absolute Gasteiger partial charge is 0.440 e. The third-order valence-electron chi connectivity index (χ3n) is 5.30. The summed E-state index contributed by atoms with van der Waals surface area (Å²) in [5.41, 5.74) is 9.83. The van der Waals surface area contributed by atoms with Crippen molar-refractivity contribution in [3.05, 3.63) is 58.0 Å². The number of halogens is 1. The van der Waals surface area contributed by atoms with Crippen molar-refractivity contribution in [3.8, 4) is 11.1 Å². The zero-order valence-electron chi connectivity index (χ0n) is 15.0. The molecule has 0 amide bonds. The van der Waals surface area contributed by atoms with Crippen LogP contribution in [0.5, 0.6) is 0 Å². The molecule has 0 aliphatic heterocycles. The molecule has 2 N–H and O–H groups in total. The molecule has 0 spiro atoms. The zero-order valence-corrected chi connectivity index (χ0v) is 15.0. The summed E-state index contributed by atoms with van der Waals surface area (Å²) < 4.78 is 21.6. The molecule has 1 aliphatic rings. The Morgan fingerprint density at radius 3 is 2.70 bits per heavy atom. The van der Waals surface area contributed by atoms with Crippen molar-refractivity contribution in [2.24, 2.45) is 0 Å². The average Bonchev–Trinajstić information content (AvgIpc) is 3.39. The van der Waals surface area contributed by atoms with Crippen molar-refractivity contribution in [2.75, 3.05) is 5.73 Å². The number of aryl methyl sites for hydroxylation is 2. The quantitative estimate of drug-likeness (QED) is 0.533. The van der Waals surface area contributed by atoms with Gasteiger partial charge in [-0.25, -0.2) is 9.37 Å². The Kier molecular flexibility index (Phi) is 3.22. The zero-order chi connectivity index (χ0) is 18.9. The Bertz CT molecular complexity index is 1300. The molecule has 1 saturated carbocycles. The molecule has 2 aromatic heterocycles. The number of benzene rings is 2. The number of oxazole rings is 1. The highest BCUT2D eigenvalue weighted by atomic mass is 19.1. The maximum Gasteiger partial charge on any atom is 0.281 e. The molecule has 1 fully saturated rings. The number of rotatable bonds is 2. The predicted octanol–water partition coefficient (Wildman–Crippen LogP) is 4.48. The molecule has 0 saturated heterocycles. The van der Waals surface area contributed by atoms with Crippen LogP contribution in [-0.2, 0) is 0 Å². The first-order valence-corrected chi connectivity index (χ1v) is 8.96. The maximum absolute atomic E-state index is 14.0. The highest BCUT2D eigenvalue weighted by Gasteiger charge is 2.30. The van der Waals surface area contributed by atoms with Gasteiger partial charge in [0.1, 0.15) is 5.82 Å². The minimum atomic E-state index is -0.451. The number of nitrogens with zero attached hydrogens (tertiary/aromatic N) is 2. The van der Waals surface area contributed by atoms with Crippen molar-refractivity contribution in [3.63, 3.8) is 0 Å². The number of fused-ring (bicyclic) bond motifs is 3. The van der Waals surface area contributed by atoms with Gasteiger partial charge in [-0.2, -0.15) is 0 Å². The Morgan fingerprint density at radius 2 is 2.00 bits per heavy atom. The maximum atomic E-state index is 14.0. The number of hydrogen-bond donors (Lipinski definition) is 1. The molecule has 0 bridgehead atoms. The molecule has 1 aliphatic carbocycles. The van der Waals surface area contributed by atoms with Crippen LogP contribution in [0.1, 0.15) is 30.3 Å². The van der Waals surface area contributed by atoms with E-state index in [9.17, 15) is 9.18 Å². The molecule has 2 aromatic carbocycles. The van der Waals surface area contributed by atoms with Crippen molar-refractivity contribution in [1.82, 2.24) is 9.55 Å². The lowest BCUT2D eigenvalue weighted by Gasteiger charge is -2.15. The van der Waals surface area contributed by atoms with Gasteiger partial charge in [-0.05, 0) is 54.7 Å². The van der Waals surface area contributed by atoms with Crippen molar-refractivity contribution >= 4 is 27.7 Å². The number of pyridine rings is 1. The third-order valence-corrected chi connectivity index (χ3v) is 5.30. The standard InChI is InChI=1S/C21H18FN3O2/c1-10-14(12-3-8-17(23)16(22)9-12)6-7-15-19(10)25(13-4-5-13)21(26)18-20(15)27-11(2)24-18/h3,6-9,13H,4-5,23H2,1-2H3. The van der Waals surface area contributed by atoms with E-state index in [4.69, 9.17) is 10.2 Å². The Balaban J connectivity index is 1.91. The predicted molar refractivity (Wildman–Crippen MR) is 103 cm³/mol. The van der Waals surface area contributed by atoms with E-state index in [1.807, 2.05) is 23.6 Å². The van der Waals surface area contributed by atoms with Crippen LogP contribution in [0.3, 0.4) is 0 Å². The van der Waals surface area contributed by atoms with Crippen molar-refractivity contribution < 1.29 is 8.81 Å². The first-order valence-electron chi connectivity index (χ1n) is 8.96. The van der Waals surface area contributed by atoms with Gasteiger partial charge < -0.3 is 14.7 Å². The number of anilines is 1. The third kappa shape index (κ3) is 2.29. The molecule has 2 heterocycles. The van der Waals surface area contributed by atoms with Gasteiger partial charge in [0, 0.05) is 18.4 Å². The molecule has 6 heteroatoms. The fraction of sp³-hybridized carbons (Fsp3) is 0.238. The molecule has 0 atom stereocenters. The summed E-state index contributed by atoms with van der Waals surface area (Å²) in [6, 6.07) is 8.83. The van der Waals surface area contributed by atoms with Crippen LogP contribution in [0.25, 0.3) is 33.1 Å². The lowest BCUT2D eigenvalue weighted by atomic mass is 9.96. The fourth-order valence-electron chi connectivity index (χ4n) is 3.85. The first kappa shape index (κ1) is 16.1. The number of nitrogens with two attached hydrogens (primary N) is 1. The van der Waals surface area contributed by atoms with Crippen LogP contribution in [0.15, 0.2) is 39.5 Å². The Labute approximate surface area is 154 Å². The van der Waals surface area contributed by atoms with Gasteiger partial charge in [0.25, 0.3) is 5.56 Å². The number of nitrogen functional groups attached to an aromatic ring is 1. The average molecular weight is 363 g/mol. The molecular formula is C21H18FN3O2. The van der Waals surface area contributed by atoms with E-state index in [-0.39, 0.29) is 17.3 Å². The lowest BCUT2D eigenvalue weighted by Crippen LogP contribution is -2.20. The van der Waals surface area contributed by atoms with Gasteiger partial charge in [-0.3, -0.25) is 4.79 Å². The SMILES string of the molecule is Cc1nc2c(=O)n(C3CC3)c3c(C)c(-c4ccc(N)c(F)c4)ccc3c2o1. The molecular weight excluding hydrogens is 345 g/mol. The van der Waals surface area contributed by atoms with Crippen molar-refractivity contribution in [2.45, 2.75) is 32.7 Å². The van der Waals surface area contributed by atoms with Gasteiger partial charge in [0.15, 0.2) is 17.0 Å². The number of hydrogen-bond acceptors (Lipinski definition) is 4. The van der Waals surface area contributed by atoms with Crippen LogP contribution in [-0.4, -0.2) is 9.55 Å². The normalized spacial score (nSPS) is 14.3. The van der Waals surface area contributed by atoms with Gasteiger partial charge >= 0.3 is 0 Å². The van der Waals surface area contributed by atoms with Crippen molar-refractivity contribution in [1.29, 1.82) is 0 Å². The highest BCUT2D eigenvalue weighted by molar-refractivity contribution is 6.04. The lowest BCUT2D eigenvalue weighted by molar-refractivity contribution is 0.563. The molecule has 27 heavy (non-hydrogen) atoms. The summed E-state index contributed by atoms with van der Waals surface area (Å²) in [6.45, 7) is 3.70. The van der Waals surface area contributed by atoms with Crippen LogP contribution in [0.4, 0.5) is 10.1 Å². The second kappa shape index (κ2) is 5.42. The summed E-state index contributed by atoms with van der Waals surface area (Å²) in [4.78, 5) is 17.4. The minimum absolute atomic E-state index is 0.117. The highest BCUT2D eigenvalue weighted by Crippen LogP contribution is 2.40. The summed E-state index contributed by atoms with van der Waals surface area (Å²) in [5, 5.41) is 0.856. The molecule has 136 valence electrons. The second-order valence-electron chi connectivity index (χ2n) is 7.19. The smallest absolute Gasteiger partial charge is 0.281 e. The van der Waals surface area contributed by atoms with E-state index in [0.29, 0.717) is 17.0 Å². The molecule has 0 radical (unpaired) electrons. The van der Waals surface area contributed by atoms with Crippen LogP contribution in [0, 0.1) is 19.7 Å². The monoisotopic (exact) mass is 363 g/mol. The molecule has 5 rings (SSSR count). The van der Waals surface area contributed by atoms with Gasteiger partial charge in [0.2, 0.25) is 0 Å². The van der Waals surface area contributed by atoms with E-state index in [1.165, 1.54) is 6.07 Å². The minimum Gasteiger partial charge on any atom is -0.440 e. The summed E-state index contributed by atoms with van der Waals surface area (Å²) in [6.07, 6.45) is 1.94. The number of aromatic nitrogens is 2. The van der Waals surface area contributed by atoms with Gasteiger partial charge in [-0.1, -0.05) is 12.1 Å². The molecule has 4 aromatic rings. The summed E-state index contributed by atoms with van der Waals surface area (Å²) >= 11 is 0. The van der Waals surface area contributed by atoms with Crippen LogP contribution >= 0.6 is 0 Å². The summed E-state index contributed by atoms with van der Waals surface area (Å²) in [5.74, 6) is 0.0205. The molecule has 0 unspecified atom stereocenters.